The molecule has 0 spiro atoms. The van der Waals surface area contributed by atoms with Crippen LogP contribution in [-0.4, -0.2) is 46.1 Å². The van der Waals surface area contributed by atoms with Gasteiger partial charge >= 0.3 is 0 Å². The van der Waals surface area contributed by atoms with Crippen LogP contribution in [0.4, 0.5) is 5.82 Å². The van der Waals surface area contributed by atoms with E-state index < -0.39 is 0 Å². The molecule has 18 heavy (non-hydrogen) atoms. The van der Waals surface area contributed by atoms with E-state index in [0.29, 0.717) is 24.6 Å². The molecule has 0 aromatic carbocycles. The fourth-order valence-electron chi connectivity index (χ4n) is 2.48. The van der Waals surface area contributed by atoms with Gasteiger partial charge in [0.2, 0.25) is 0 Å². The Bertz CT molecular complexity index is 455. The molecular formula is C11H15N5O2. The number of hydrogen-bond donors (Lipinski definition) is 2. The van der Waals surface area contributed by atoms with Crippen LogP contribution in [0.3, 0.4) is 0 Å². The van der Waals surface area contributed by atoms with Gasteiger partial charge in [-0.1, -0.05) is 0 Å². The number of nitrogen functional groups attached to an aromatic ring is 1. The number of nitrogens with two attached hydrogens (primary N) is 1. The normalized spacial score (nSPS) is 26.2. The zero-order valence-electron chi connectivity index (χ0n) is 9.87. The summed E-state index contributed by atoms with van der Waals surface area (Å²) in [4.78, 5) is 22.1. The Labute approximate surface area is 104 Å². The van der Waals surface area contributed by atoms with E-state index in [1.54, 1.807) is 4.90 Å². The number of hydrazine groups is 1. The first-order chi connectivity index (χ1) is 8.76. The van der Waals surface area contributed by atoms with E-state index in [4.69, 9.17) is 10.6 Å². The number of fused-ring (bicyclic) bond motifs is 2. The van der Waals surface area contributed by atoms with Crippen LogP contribution in [0.1, 0.15) is 23.3 Å². The second-order valence-electron chi connectivity index (χ2n) is 4.60. The number of nitrogens with one attached hydrogen (secondary N) is 1. The second-order valence-corrected chi connectivity index (χ2v) is 4.60. The average molecular weight is 249 g/mol. The minimum atomic E-state index is -0.111. The van der Waals surface area contributed by atoms with Crippen molar-refractivity contribution in [3.63, 3.8) is 0 Å². The fourth-order valence-corrected chi connectivity index (χ4v) is 2.48. The molecule has 96 valence electrons. The van der Waals surface area contributed by atoms with Gasteiger partial charge in [-0.25, -0.2) is 10.8 Å². The van der Waals surface area contributed by atoms with Gasteiger partial charge in [-0.15, -0.1) is 0 Å². The first kappa shape index (κ1) is 11.4. The Morgan fingerprint density at radius 2 is 2.11 bits per heavy atom. The maximum Gasteiger partial charge on any atom is 0.274 e. The molecule has 3 heterocycles. The van der Waals surface area contributed by atoms with E-state index in [9.17, 15) is 4.79 Å². The lowest BCUT2D eigenvalue weighted by Crippen LogP contribution is -2.46. The van der Waals surface area contributed by atoms with Crippen molar-refractivity contribution in [2.24, 2.45) is 5.84 Å². The standard InChI is InChI=1S/C11H15N5O2/c12-15-10-4-13-3-9(14-10)11(17)16-5-7-1-2-8(6-16)18-7/h3-4,7-8H,1-2,5-6,12H2,(H,14,15). The molecule has 2 fully saturated rings. The first-order valence-electron chi connectivity index (χ1n) is 5.99. The Morgan fingerprint density at radius 1 is 1.39 bits per heavy atom. The van der Waals surface area contributed by atoms with E-state index in [2.05, 4.69) is 15.4 Å². The van der Waals surface area contributed by atoms with Gasteiger partial charge in [0.05, 0.1) is 24.6 Å². The Kier molecular flexibility index (Phi) is 2.85. The lowest BCUT2D eigenvalue weighted by atomic mass is 10.2. The highest BCUT2D eigenvalue weighted by Crippen LogP contribution is 2.26. The number of hydrogen-bond acceptors (Lipinski definition) is 6. The van der Waals surface area contributed by atoms with E-state index in [1.165, 1.54) is 12.4 Å². The molecule has 1 aromatic heterocycles. The number of ether oxygens (including phenoxy) is 1. The number of likely N-dealkylation sites (tertiary alicyclic amines) is 1. The van der Waals surface area contributed by atoms with Gasteiger partial charge in [0.1, 0.15) is 5.69 Å². The maximum atomic E-state index is 12.3. The largest absolute Gasteiger partial charge is 0.371 e. The van der Waals surface area contributed by atoms with Crippen molar-refractivity contribution >= 4 is 11.7 Å². The zero-order chi connectivity index (χ0) is 12.5. The molecule has 2 bridgehead atoms. The van der Waals surface area contributed by atoms with Crippen LogP contribution in [0.25, 0.3) is 0 Å². The van der Waals surface area contributed by atoms with Crippen LogP contribution < -0.4 is 11.3 Å². The molecule has 2 unspecified atom stereocenters. The fraction of sp³-hybridized carbons (Fsp3) is 0.545. The number of rotatable bonds is 2. The number of aromatic nitrogens is 2. The molecule has 0 aliphatic carbocycles. The summed E-state index contributed by atoms with van der Waals surface area (Å²) in [5.74, 6) is 5.53. The summed E-state index contributed by atoms with van der Waals surface area (Å²) in [7, 11) is 0. The Balaban J connectivity index is 1.77. The van der Waals surface area contributed by atoms with Gasteiger partial charge in [-0.2, -0.15) is 0 Å². The molecule has 0 radical (unpaired) electrons. The van der Waals surface area contributed by atoms with Gasteiger partial charge < -0.3 is 15.1 Å². The number of anilines is 1. The molecule has 2 aliphatic heterocycles. The molecule has 1 amide bonds. The third-order valence-corrected chi connectivity index (χ3v) is 3.33. The lowest BCUT2D eigenvalue weighted by molar-refractivity contribution is -0.0305. The first-order valence-corrected chi connectivity index (χ1v) is 5.99. The summed E-state index contributed by atoms with van der Waals surface area (Å²) < 4.78 is 5.70. The van der Waals surface area contributed by atoms with Crippen LogP contribution in [0.5, 0.6) is 0 Å². The Hall–Kier alpha value is -1.73. The minimum Gasteiger partial charge on any atom is -0.371 e. The highest BCUT2D eigenvalue weighted by molar-refractivity contribution is 5.92. The van der Waals surface area contributed by atoms with Crippen molar-refractivity contribution in [1.82, 2.24) is 14.9 Å². The SMILES string of the molecule is NNc1cncc(C(=O)N2CC3CCC(C2)O3)n1. The molecule has 7 nitrogen and oxygen atoms in total. The van der Waals surface area contributed by atoms with E-state index in [-0.39, 0.29) is 18.1 Å². The summed E-state index contributed by atoms with van der Waals surface area (Å²) in [6.07, 6.45) is 5.35. The van der Waals surface area contributed by atoms with Gasteiger partial charge in [0, 0.05) is 13.1 Å². The number of morpholine rings is 1. The monoisotopic (exact) mass is 249 g/mol. The van der Waals surface area contributed by atoms with Gasteiger partial charge in [0.25, 0.3) is 5.91 Å². The van der Waals surface area contributed by atoms with Crippen molar-refractivity contribution in [3.8, 4) is 0 Å². The third-order valence-electron chi connectivity index (χ3n) is 3.33. The molecule has 2 atom stereocenters. The van der Waals surface area contributed by atoms with Crippen LogP contribution in [0.15, 0.2) is 12.4 Å². The van der Waals surface area contributed by atoms with Crippen LogP contribution >= 0.6 is 0 Å². The molecule has 0 saturated carbocycles. The molecule has 7 heteroatoms. The van der Waals surface area contributed by atoms with Crippen molar-refractivity contribution < 1.29 is 9.53 Å². The summed E-state index contributed by atoms with van der Waals surface area (Å²) in [5, 5.41) is 0. The number of carbonyl (C=O) groups excluding carboxylic acids is 1. The molecule has 2 aliphatic rings. The van der Waals surface area contributed by atoms with Crippen LogP contribution in [-0.2, 0) is 4.74 Å². The number of carbonyl (C=O) groups is 1. The van der Waals surface area contributed by atoms with Crippen molar-refractivity contribution in [2.45, 2.75) is 25.0 Å². The van der Waals surface area contributed by atoms with Crippen molar-refractivity contribution in [1.29, 1.82) is 0 Å². The second kappa shape index (κ2) is 4.51. The minimum absolute atomic E-state index is 0.111. The van der Waals surface area contributed by atoms with E-state index in [0.717, 1.165) is 12.8 Å². The zero-order valence-corrected chi connectivity index (χ0v) is 9.87. The summed E-state index contributed by atoms with van der Waals surface area (Å²) in [6, 6.07) is 0. The van der Waals surface area contributed by atoms with Gasteiger partial charge in [0.15, 0.2) is 5.82 Å². The molecule has 2 saturated heterocycles. The highest BCUT2D eigenvalue weighted by atomic mass is 16.5. The highest BCUT2D eigenvalue weighted by Gasteiger charge is 2.36. The molecule has 3 rings (SSSR count). The van der Waals surface area contributed by atoms with Crippen LogP contribution in [0.2, 0.25) is 0 Å². The molecule has 1 aromatic rings. The number of nitrogens with zero attached hydrogens (tertiary/aromatic N) is 3. The van der Waals surface area contributed by atoms with Crippen molar-refractivity contribution in [2.75, 3.05) is 18.5 Å². The molecule has 3 N–H and O–H groups in total. The quantitative estimate of drug-likeness (QED) is 0.555. The van der Waals surface area contributed by atoms with Gasteiger partial charge in [-0.05, 0) is 12.8 Å². The maximum absolute atomic E-state index is 12.3. The summed E-state index contributed by atoms with van der Waals surface area (Å²) >= 11 is 0. The van der Waals surface area contributed by atoms with Crippen LogP contribution in [0, 0.1) is 0 Å². The average Bonchev–Trinajstić information content (AvgIpc) is 2.76. The predicted octanol–water partition coefficient (Wildman–Crippen LogP) is -0.234. The Morgan fingerprint density at radius 3 is 2.78 bits per heavy atom. The lowest BCUT2D eigenvalue weighted by Gasteiger charge is -2.31. The van der Waals surface area contributed by atoms with E-state index >= 15 is 0 Å². The van der Waals surface area contributed by atoms with Crippen molar-refractivity contribution in [3.05, 3.63) is 18.1 Å². The third kappa shape index (κ3) is 2.02. The topological polar surface area (TPSA) is 93.4 Å². The predicted molar refractivity (Wildman–Crippen MR) is 63.6 cm³/mol. The molecular weight excluding hydrogens is 234 g/mol. The summed E-state index contributed by atoms with van der Waals surface area (Å²) in [5.41, 5.74) is 2.70. The van der Waals surface area contributed by atoms with Gasteiger partial charge in [-0.3, -0.25) is 9.78 Å². The number of amides is 1. The summed E-state index contributed by atoms with van der Waals surface area (Å²) in [6.45, 7) is 1.27. The van der Waals surface area contributed by atoms with E-state index in [1.807, 2.05) is 0 Å². The smallest absolute Gasteiger partial charge is 0.274 e.